The molecule has 0 radical (unpaired) electrons. The molecule has 1 atom stereocenters. The molecule has 0 fully saturated rings. The third-order valence-electron chi connectivity index (χ3n) is 4.27. The van der Waals surface area contributed by atoms with Gasteiger partial charge in [0.25, 0.3) is 0 Å². The van der Waals surface area contributed by atoms with Crippen LogP contribution in [0.1, 0.15) is 48.8 Å². The molecule has 0 aliphatic carbocycles. The molecule has 0 heterocycles. The van der Waals surface area contributed by atoms with Crippen LogP contribution in [0.5, 0.6) is 5.75 Å². The zero-order valence-corrected chi connectivity index (χ0v) is 13.9. The topological polar surface area (TPSA) is 35.2 Å². The number of nitrogens with two attached hydrogens (primary N) is 1. The molecule has 0 amide bonds. The lowest BCUT2D eigenvalue weighted by Crippen LogP contribution is -2.15. The summed E-state index contributed by atoms with van der Waals surface area (Å²) in [6, 6.07) is 17.1. The fraction of sp³-hybridized carbons (Fsp3) is 0.400. The van der Waals surface area contributed by atoms with E-state index in [0.717, 1.165) is 18.6 Å². The third kappa shape index (κ3) is 4.11. The van der Waals surface area contributed by atoms with E-state index in [4.69, 9.17) is 10.5 Å². The number of benzene rings is 2. The van der Waals surface area contributed by atoms with Crippen molar-refractivity contribution in [3.05, 3.63) is 65.2 Å². The van der Waals surface area contributed by atoms with Gasteiger partial charge in [-0.3, -0.25) is 0 Å². The zero-order chi connectivity index (χ0) is 15.9. The van der Waals surface area contributed by atoms with E-state index in [9.17, 15) is 0 Å². The quantitative estimate of drug-likeness (QED) is 0.817. The molecule has 2 N–H and O–H groups in total. The molecule has 2 rings (SSSR count). The second-order valence-electron chi connectivity index (χ2n) is 6.11. The smallest absolute Gasteiger partial charge is 0.122 e. The summed E-state index contributed by atoms with van der Waals surface area (Å²) in [6.45, 7) is 5.07. The van der Waals surface area contributed by atoms with Crippen LogP contribution in [0, 0.1) is 0 Å². The van der Waals surface area contributed by atoms with Gasteiger partial charge in [0.15, 0.2) is 0 Å². The van der Waals surface area contributed by atoms with Crippen molar-refractivity contribution in [2.24, 2.45) is 5.73 Å². The summed E-state index contributed by atoms with van der Waals surface area (Å²) >= 11 is 0. The minimum Gasteiger partial charge on any atom is -0.496 e. The van der Waals surface area contributed by atoms with Crippen LogP contribution in [-0.4, -0.2) is 13.7 Å². The van der Waals surface area contributed by atoms with E-state index in [1.807, 2.05) is 0 Å². The van der Waals surface area contributed by atoms with E-state index >= 15 is 0 Å². The number of methoxy groups -OCH3 is 1. The zero-order valence-electron chi connectivity index (χ0n) is 13.9. The number of ether oxygens (including phenoxy) is 1. The molecule has 1 unspecified atom stereocenters. The summed E-state index contributed by atoms with van der Waals surface area (Å²) in [6.07, 6.45) is 2.08. The molecule has 2 heteroatoms. The van der Waals surface area contributed by atoms with E-state index in [-0.39, 0.29) is 0 Å². The molecule has 118 valence electrons. The molecular weight excluding hydrogens is 270 g/mol. The minimum absolute atomic E-state index is 0.328. The van der Waals surface area contributed by atoms with Crippen molar-refractivity contribution in [3.8, 4) is 5.75 Å². The highest BCUT2D eigenvalue weighted by Crippen LogP contribution is 2.32. The van der Waals surface area contributed by atoms with Crippen molar-refractivity contribution >= 4 is 0 Å². The summed E-state index contributed by atoms with van der Waals surface area (Å²) in [4.78, 5) is 0. The normalized spacial score (nSPS) is 12.4. The standard InChI is InChI=1S/C20H27NO/c1-15(2)17-11-12-20(22-3)19(13-17)18(14-21)10-9-16-7-5-4-6-8-16/h4-8,11-13,15,18H,9-10,14,21H2,1-3H3. The predicted octanol–water partition coefficient (Wildman–Crippen LogP) is 4.49. The molecule has 0 spiro atoms. The first-order valence-corrected chi connectivity index (χ1v) is 8.07. The van der Waals surface area contributed by atoms with Crippen molar-refractivity contribution < 1.29 is 4.74 Å². The lowest BCUT2D eigenvalue weighted by atomic mass is 9.89. The molecule has 0 aromatic heterocycles. The molecule has 0 aliphatic rings. The summed E-state index contributed by atoms with van der Waals surface area (Å²) in [5.74, 6) is 1.79. The lowest BCUT2D eigenvalue weighted by Gasteiger charge is -2.20. The Morgan fingerprint density at radius 2 is 1.77 bits per heavy atom. The van der Waals surface area contributed by atoms with Gasteiger partial charge in [-0.25, -0.2) is 0 Å². The fourth-order valence-corrected chi connectivity index (χ4v) is 2.82. The first-order chi connectivity index (χ1) is 10.7. The highest BCUT2D eigenvalue weighted by molar-refractivity contribution is 5.41. The van der Waals surface area contributed by atoms with E-state index in [1.54, 1.807) is 7.11 Å². The fourth-order valence-electron chi connectivity index (χ4n) is 2.82. The Balaban J connectivity index is 2.20. The van der Waals surface area contributed by atoms with E-state index < -0.39 is 0 Å². The average molecular weight is 297 g/mol. The van der Waals surface area contributed by atoms with Crippen LogP contribution >= 0.6 is 0 Å². The largest absolute Gasteiger partial charge is 0.496 e. The van der Waals surface area contributed by atoms with Crippen LogP contribution in [0.3, 0.4) is 0 Å². The van der Waals surface area contributed by atoms with Gasteiger partial charge in [-0.2, -0.15) is 0 Å². The van der Waals surface area contributed by atoms with Gasteiger partial charge in [0.1, 0.15) is 5.75 Å². The Hall–Kier alpha value is -1.80. The molecule has 2 nitrogen and oxygen atoms in total. The second-order valence-corrected chi connectivity index (χ2v) is 6.11. The van der Waals surface area contributed by atoms with Gasteiger partial charge in [-0.05, 0) is 48.1 Å². The van der Waals surface area contributed by atoms with Gasteiger partial charge in [0, 0.05) is 5.92 Å². The molecule has 2 aromatic rings. The lowest BCUT2D eigenvalue weighted by molar-refractivity contribution is 0.403. The molecule has 0 aliphatic heterocycles. The van der Waals surface area contributed by atoms with Gasteiger partial charge in [0.2, 0.25) is 0 Å². The van der Waals surface area contributed by atoms with E-state index in [2.05, 4.69) is 62.4 Å². The molecule has 2 aromatic carbocycles. The second kappa shape index (κ2) is 8.00. The molecule has 0 saturated carbocycles. The van der Waals surface area contributed by atoms with Crippen LogP contribution in [0.25, 0.3) is 0 Å². The van der Waals surface area contributed by atoms with Crippen molar-refractivity contribution in [2.75, 3.05) is 13.7 Å². The minimum atomic E-state index is 0.328. The Kier molecular flexibility index (Phi) is 6.02. The van der Waals surface area contributed by atoms with E-state index in [1.165, 1.54) is 16.7 Å². The summed E-state index contributed by atoms with van der Waals surface area (Å²) in [7, 11) is 1.73. The highest BCUT2D eigenvalue weighted by atomic mass is 16.5. The summed E-state index contributed by atoms with van der Waals surface area (Å²) in [5, 5.41) is 0. The number of aryl methyl sites for hydroxylation is 1. The highest BCUT2D eigenvalue weighted by Gasteiger charge is 2.16. The van der Waals surface area contributed by atoms with Crippen molar-refractivity contribution in [1.29, 1.82) is 0 Å². The van der Waals surface area contributed by atoms with Crippen molar-refractivity contribution in [3.63, 3.8) is 0 Å². The summed E-state index contributed by atoms with van der Waals surface area (Å²) in [5.41, 5.74) is 10.0. The number of rotatable bonds is 7. The van der Waals surface area contributed by atoms with Gasteiger partial charge in [-0.1, -0.05) is 56.3 Å². The maximum Gasteiger partial charge on any atom is 0.122 e. The molecule has 0 saturated heterocycles. The van der Waals surface area contributed by atoms with Crippen molar-refractivity contribution in [1.82, 2.24) is 0 Å². The number of hydrogen-bond acceptors (Lipinski definition) is 2. The van der Waals surface area contributed by atoms with Gasteiger partial charge < -0.3 is 10.5 Å². The maximum absolute atomic E-state index is 6.06. The monoisotopic (exact) mass is 297 g/mol. The first kappa shape index (κ1) is 16.6. The van der Waals surface area contributed by atoms with Crippen LogP contribution in [-0.2, 0) is 6.42 Å². The molecular formula is C20H27NO. The van der Waals surface area contributed by atoms with Gasteiger partial charge >= 0.3 is 0 Å². The SMILES string of the molecule is COc1ccc(C(C)C)cc1C(CN)CCc1ccccc1. The predicted molar refractivity (Wildman–Crippen MR) is 93.6 cm³/mol. The number of hydrogen-bond donors (Lipinski definition) is 1. The first-order valence-electron chi connectivity index (χ1n) is 8.07. The summed E-state index contributed by atoms with van der Waals surface area (Å²) < 4.78 is 5.56. The van der Waals surface area contributed by atoms with Gasteiger partial charge in [0.05, 0.1) is 7.11 Å². The Labute approximate surface area is 134 Å². The van der Waals surface area contributed by atoms with Crippen LogP contribution in [0.4, 0.5) is 0 Å². The average Bonchev–Trinajstić information content (AvgIpc) is 2.56. The Bertz CT molecular complexity index is 578. The Morgan fingerprint density at radius 1 is 1.05 bits per heavy atom. The third-order valence-corrected chi connectivity index (χ3v) is 4.27. The van der Waals surface area contributed by atoms with Crippen molar-refractivity contribution in [2.45, 2.75) is 38.5 Å². The van der Waals surface area contributed by atoms with E-state index in [0.29, 0.717) is 18.4 Å². The van der Waals surface area contributed by atoms with Crippen LogP contribution in [0.2, 0.25) is 0 Å². The van der Waals surface area contributed by atoms with Crippen LogP contribution < -0.4 is 10.5 Å². The Morgan fingerprint density at radius 3 is 2.36 bits per heavy atom. The maximum atomic E-state index is 6.06. The van der Waals surface area contributed by atoms with Gasteiger partial charge in [-0.15, -0.1) is 0 Å². The van der Waals surface area contributed by atoms with Crippen LogP contribution in [0.15, 0.2) is 48.5 Å². The molecule has 22 heavy (non-hydrogen) atoms. The molecule has 0 bridgehead atoms.